The molecule has 0 saturated carbocycles. The lowest BCUT2D eigenvalue weighted by Crippen LogP contribution is -2.50. The van der Waals surface area contributed by atoms with Crippen molar-refractivity contribution in [3.05, 3.63) is 35.9 Å². The van der Waals surface area contributed by atoms with Gasteiger partial charge in [0, 0.05) is 19.5 Å². The lowest BCUT2D eigenvalue weighted by atomic mass is 10.0. The minimum atomic E-state index is -0.690. The number of nitrogens with one attached hydrogen (secondary N) is 1. The highest BCUT2D eigenvalue weighted by Crippen LogP contribution is 2.23. The zero-order valence-corrected chi connectivity index (χ0v) is 20.6. The molecule has 0 spiro atoms. The van der Waals surface area contributed by atoms with Gasteiger partial charge in [0.1, 0.15) is 12.3 Å². The molecule has 32 heavy (non-hydrogen) atoms. The van der Waals surface area contributed by atoms with E-state index in [1.54, 1.807) is 0 Å². The van der Waals surface area contributed by atoms with Crippen molar-refractivity contribution in [3.8, 4) is 0 Å². The van der Waals surface area contributed by atoms with Crippen molar-refractivity contribution in [2.24, 2.45) is 0 Å². The first-order valence-corrected chi connectivity index (χ1v) is 13.5. The number of hydrogen-bond donors (Lipinski definition) is 2. The second-order valence-corrected chi connectivity index (χ2v) is 9.60. The van der Waals surface area contributed by atoms with Gasteiger partial charge >= 0.3 is 0 Å². The maximum atomic E-state index is 12.6. The van der Waals surface area contributed by atoms with Crippen molar-refractivity contribution in [2.45, 2.75) is 122 Å². The fourth-order valence-corrected chi connectivity index (χ4v) is 4.76. The van der Waals surface area contributed by atoms with Crippen LogP contribution in [-0.2, 0) is 4.79 Å². The fourth-order valence-electron chi connectivity index (χ4n) is 4.76. The molecule has 0 bridgehead atoms. The molecule has 4 heteroatoms. The van der Waals surface area contributed by atoms with Crippen LogP contribution in [0.1, 0.15) is 121 Å². The largest absolute Gasteiger partial charge is 0.385 e. The van der Waals surface area contributed by atoms with Crippen LogP contribution >= 0.6 is 0 Å². The van der Waals surface area contributed by atoms with Crippen LogP contribution in [0.5, 0.6) is 0 Å². The van der Waals surface area contributed by atoms with Gasteiger partial charge in [-0.1, -0.05) is 114 Å². The molecule has 2 rings (SSSR count). The molecule has 0 aliphatic carbocycles. The van der Waals surface area contributed by atoms with Crippen LogP contribution in [-0.4, -0.2) is 35.2 Å². The average Bonchev–Trinajstić information content (AvgIpc) is 3.35. The third-order valence-corrected chi connectivity index (χ3v) is 6.79. The summed E-state index contributed by atoms with van der Waals surface area (Å²) in [5, 5.41) is 14.1. The highest BCUT2D eigenvalue weighted by molar-refractivity contribution is 5.76. The number of aliphatic hydroxyl groups excluding tert-OH is 1. The number of carbonyl (C=O) groups is 1. The Morgan fingerprint density at radius 2 is 1.34 bits per heavy atom. The SMILES string of the molecule is CCCCCCCCCCCCCCCC(=O)N[C@@H]([C@H](O)c1ccccc1)N1CCCC1. The number of hydrogen-bond acceptors (Lipinski definition) is 3. The highest BCUT2D eigenvalue weighted by atomic mass is 16.3. The zero-order valence-electron chi connectivity index (χ0n) is 20.6. The molecule has 2 atom stereocenters. The Morgan fingerprint density at radius 1 is 0.844 bits per heavy atom. The molecule has 182 valence electrons. The Kier molecular flexibility index (Phi) is 14.4. The van der Waals surface area contributed by atoms with Gasteiger partial charge < -0.3 is 10.4 Å². The van der Waals surface area contributed by atoms with Crippen LogP contribution in [0, 0.1) is 0 Å². The van der Waals surface area contributed by atoms with E-state index in [0.29, 0.717) is 6.42 Å². The molecule has 1 heterocycles. The van der Waals surface area contributed by atoms with Gasteiger partial charge in [-0.3, -0.25) is 9.69 Å². The van der Waals surface area contributed by atoms with E-state index in [4.69, 9.17) is 0 Å². The summed E-state index contributed by atoms with van der Waals surface area (Å²) in [6, 6.07) is 9.71. The molecule has 1 amide bonds. The van der Waals surface area contributed by atoms with E-state index >= 15 is 0 Å². The minimum Gasteiger partial charge on any atom is -0.385 e. The van der Waals surface area contributed by atoms with Gasteiger partial charge in [-0.15, -0.1) is 0 Å². The lowest BCUT2D eigenvalue weighted by molar-refractivity contribution is -0.124. The highest BCUT2D eigenvalue weighted by Gasteiger charge is 2.30. The maximum Gasteiger partial charge on any atom is 0.221 e. The molecule has 1 saturated heterocycles. The summed E-state index contributed by atoms with van der Waals surface area (Å²) in [5.74, 6) is 0.0694. The summed E-state index contributed by atoms with van der Waals surface area (Å²) in [5.41, 5.74) is 0.866. The number of amides is 1. The number of aliphatic hydroxyl groups is 1. The molecular formula is C28H48N2O2. The number of nitrogens with zero attached hydrogens (tertiary/aromatic N) is 1. The molecule has 2 N–H and O–H groups in total. The molecule has 1 fully saturated rings. The number of likely N-dealkylation sites (tertiary alicyclic amines) is 1. The summed E-state index contributed by atoms with van der Waals surface area (Å²) in [6.07, 6.45) is 18.8. The molecular weight excluding hydrogens is 396 g/mol. The lowest BCUT2D eigenvalue weighted by Gasteiger charge is -2.32. The van der Waals surface area contributed by atoms with Crippen molar-refractivity contribution >= 4 is 5.91 Å². The summed E-state index contributed by atoms with van der Waals surface area (Å²) >= 11 is 0. The molecule has 1 aliphatic heterocycles. The number of unbranched alkanes of at least 4 members (excludes halogenated alkanes) is 12. The normalized spacial score (nSPS) is 16.2. The molecule has 1 aromatic carbocycles. The van der Waals surface area contributed by atoms with Crippen molar-refractivity contribution < 1.29 is 9.90 Å². The number of carbonyl (C=O) groups excluding carboxylic acids is 1. The molecule has 0 unspecified atom stereocenters. The van der Waals surface area contributed by atoms with Crippen LogP contribution in [0.25, 0.3) is 0 Å². The van der Waals surface area contributed by atoms with Crippen molar-refractivity contribution in [1.82, 2.24) is 10.2 Å². The third-order valence-electron chi connectivity index (χ3n) is 6.79. The Labute approximate surface area is 197 Å². The van der Waals surface area contributed by atoms with Gasteiger partial charge in [-0.25, -0.2) is 0 Å². The Balaban J connectivity index is 1.55. The second kappa shape index (κ2) is 17.1. The molecule has 0 radical (unpaired) electrons. The molecule has 0 aromatic heterocycles. The Morgan fingerprint density at radius 3 is 1.88 bits per heavy atom. The minimum absolute atomic E-state index is 0.0694. The van der Waals surface area contributed by atoms with Crippen LogP contribution in [0.4, 0.5) is 0 Å². The quantitative estimate of drug-likeness (QED) is 0.247. The number of rotatable bonds is 18. The molecule has 1 aromatic rings. The standard InChI is InChI=1S/C28H48N2O2/c1-2-3-4-5-6-7-8-9-10-11-12-13-17-22-26(31)29-28(30-23-18-19-24-30)27(32)25-20-15-14-16-21-25/h14-16,20-21,27-28,32H,2-13,17-19,22-24H2,1H3,(H,29,31)/t27-,28-/m1/s1. The monoisotopic (exact) mass is 444 g/mol. The van der Waals surface area contributed by atoms with E-state index < -0.39 is 6.10 Å². The zero-order chi connectivity index (χ0) is 22.9. The van der Waals surface area contributed by atoms with Gasteiger partial charge in [0.2, 0.25) is 5.91 Å². The molecule has 4 nitrogen and oxygen atoms in total. The van der Waals surface area contributed by atoms with Gasteiger partial charge in [-0.05, 0) is 24.8 Å². The smallest absolute Gasteiger partial charge is 0.221 e. The van der Waals surface area contributed by atoms with E-state index in [1.165, 1.54) is 70.6 Å². The van der Waals surface area contributed by atoms with Gasteiger partial charge in [0.05, 0.1) is 0 Å². The summed E-state index contributed by atoms with van der Waals surface area (Å²) in [6.45, 7) is 4.15. The topological polar surface area (TPSA) is 52.6 Å². The summed E-state index contributed by atoms with van der Waals surface area (Å²) in [7, 11) is 0. The predicted octanol–water partition coefficient (Wildman–Crippen LogP) is 6.74. The van der Waals surface area contributed by atoms with Gasteiger partial charge in [0.25, 0.3) is 0 Å². The van der Waals surface area contributed by atoms with Crippen molar-refractivity contribution in [2.75, 3.05) is 13.1 Å². The molecule has 1 aliphatic rings. The predicted molar refractivity (Wildman–Crippen MR) is 134 cm³/mol. The third kappa shape index (κ3) is 11.0. The second-order valence-electron chi connectivity index (χ2n) is 9.60. The van der Waals surface area contributed by atoms with Crippen LogP contribution in [0.3, 0.4) is 0 Å². The van der Waals surface area contributed by atoms with E-state index in [-0.39, 0.29) is 12.1 Å². The average molecular weight is 445 g/mol. The first-order chi connectivity index (χ1) is 15.7. The number of benzene rings is 1. The van der Waals surface area contributed by atoms with Crippen LogP contribution < -0.4 is 5.32 Å². The van der Waals surface area contributed by atoms with Crippen molar-refractivity contribution in [1.29, 1.82) is 0 Å². The van der Waals surface area contributed by atoms with Crippen LogP contribution in [0.2, 0.25) is 0 Å². The van der Waals surface area contributed by atoms with E-state index in [1.807, 2.05) is 30.3 Å². The van der Waals surface area contributed by atoms with Gasteiger partial charge in [0.15, 0.2) is 0 Å². The maximum absolute atomic E-state index is 12.6. The summed E-state index contributed by atoms with van der Waals surface area (Å²) in [4.78, 5) is 14.8. The fraction of sp³-hybridized carbons (Fsp3) is 0.750. The first-order valence-electron chi connectivity index (χ1n) is 13.5. The van der Waals surface area contributed by atoms with Crippen LogP contribution in [0.15, 0.2) is 30.3 Å². The Bertz CT molecular complexity index is 586. The first kappa shape index (κ1) is 26.9. The van der Waals surface area contributed by atoms with Crippen molar-refractivity contribution in [3.63, 3.8) is 0 Å². The Hall–Kier alpha value is -1.39. The summed E-state index contributed by atoms with van der Waals surface area (Å²) < 4.78 is 0. The van der Waals surface area contributed by atoms with E-state index in [0.717, 1.165) is 44.3 Å². The van der Waals surface area contributed by atoms with E-state index in [9.17, 15) is 9.90 Å². The van der Waals surface area contributed by atoms with Gasteiger partial charge in [-0.2, -0.15) is 0 Å². The van der Waals surface area contributed by atoms with E-state index in [2.05, 4.69) is 17.1 Å².